The van der Waals surface area contributed by atoms with Crippen LogP contribution in [-0.4, -0.2) is 63.2 Å². The van der Waals surface area contributed by atoms with E-state index in [0.29, 0.717) is 24.7 Å². The van der Waals surface area contributed by atoms with Crippen molar-refractivity contribution in [3.8, 4) is 11.4 Å². The van der Waals surface area contributed by atoms with Gasteiger partial charge in [0.1, 0.15) is 11.5 Å². The highest BCUT2D eigenvalue weighted by Gasteiger charge is 2.35. The molecule has 0 amide bonds. The molecule has 0 unspecified atom stereocenters. The Labute approximate surface area is 172 Å². The van der Waals surface area contributed by atoms with Gasteiger partial charge in [-0.15, -0.1) is 0 Å². The van der Waals surface area contributed by atoms with Crippen LogP contribution in [0, 0.1) is 13.8 Å². The van der Waals surface area contributed by atoms with Gasteiger partial charge in [-0.25, -0.2) is 4.98 Å². The quantitative estimate of drug-likeness (QED) is 0.742. The van der Waals surface area contributed by atoms with E-state index in [4.69, 9.17) is 14.5 Å². The van der Waals surface area contributed by atoms with Gasteiger partial charge >= 0.3 is 0 Å². The topological polar surface area (TPSA) is 59.8 Å². The Bertz CT molecular complexity index is 938. The van der Waals surface area contributed by atoms with Crippen molar-refractivity contribution in [2.24, 2.45) is 7.05 Å². The highest BCUT2D eigenvalue weighted by Crippen LogP contribution is 2.30. The molecular weight excluding hydrogens is 368 g/mol. The number of nitrogens with zero attached hydrogens (tertiary/aromatic N) is 4. The van der Waals surface area contributed by atoms with E-state index in [1.54, 1.807) is 25.8 Å². The predicted octanol–water partition coefficient (Wildman–Crippen LogP) is 2.37. The summed E-state index contributed by atoms with van der Waals surface area (Å²) in [5, 5.41) is 0. The molecule has 7 nitrogen and oxygen atoms in total. The second-order valence-corrected chi connectivity index (χ2v) is 7.98. The molecule has 1 saturated heterocycles. The van der Waals surface area contributed by atoms with Crippen LogP contribution in [0.3, 0.4) is 0 Å². The van der Waals surface area contributed by atoms with Crippen molar-refractivity contribution in [1.82, 2.24) is 9.55 Å². The predicted molar refractivity (Wildman–Crippen MR) is 117 cm³/mol. The Morgan fingerprint density at radius 1 is 1.24 bits per heavy atom. The molecule has 1 aromatic carbocycles. The third-order valence-corrected chi connectivity index (χ3v) is 5.76. The lowest BCUT2D eigenvalue weighted by atomic mass is 10.1. The van der Waals surface area contributed by atoms with Crippen LogP contribution >= 0.6 is 0 Å². The lowest BCUT2D eigenvalue weighted by Crippen LogP contribution is -2.39. The molecule has 2 heterocycles. The van der Waals surface area contributed by atoms with E-state index < -0.39 is 0 Å². The number of aryl methyl sites for hydroxylation is 2. The molecule has 0 N–H and O–H groups in total. The fourth-order valence-electron chi connectivity index (χ4n) is 4.11. The van der Waals surface area contributed by atoms with E-state index in [1.165, 1.54) is 0 Å². The average Bonchev–Trinajstić information content (AvgIpc) is 3.08. The first kappa shape index (κ1) is 21.3. The summed E-state index contributed by atoms with van der Waals surface area (Å²) in [7, 11) is 9.22. The van der Waals surface area contributed by atoms with Crippen molar-refractivity contribution in [2.75, 3.05) is 51.3 Å². The summed E-state index contributed by atoms with van der Waals surface area (Å²) >= 11 is 0. The van der Waals surface area contributed by atoms with Gasteiger partial charge in [0.25, 0.3) is 5.56 Å². The van der Waals surface area contributed by atoms with Crippen LogP contribution in [0.2, 0.25) is 0 Å². The molecule has 0 radical (unpaired) electrons. The summed E-state index contributed by atoms with van der Waals surface area (Å²) in [5.41, 5.74) is 4.51. The zero-order chi connectivity index (χ0) is 21.3. The van der Waals surface area contributed by atoms with Gasteiger partial charge in [-0.2, -0.15) is 0 Å². The maximum Gasteiger partial charge on any atom is 0.277 e. The van der Waals surface area contributed by atoms with Gasteiger partial charge in [-0.05, 0) is 44.0 Å². The van der Waals surface area contributed by atoms with Crippen LogP contribution in [0.5, 0.6) is 0 Å². The summed E-state index contributed by atoms with van der Waals surface area (Å²) in [4.78, 5) is 22.4. The second-order valence-electron chi connectivity index (χ2n) is 7.98. The van der Waals surface area contributed by atoms with E-state index in [-0.39, 0.29) is 17.7 Å². The summed E-state index contributed by atoms with van der Waals surface area (Å²) in [5.74, 6) is 0.685. The molecule has 2 atom stereocenters. The van der Waals surface area contributed by atoms with Crippen LogP contribution in [0.25, 0.3) is 11.4 Å². The van der Waals surface area contributed by atoms with Crippen LogP contribution in [-0.2, 0) is 16.5 Å². The Kier molecular flexibility index (Phi) is 6.29. The van der Waals surface area contributed by atoms with E-state index in [2.05, 4.69) is 28.9 Å². The van der Waals surface area contributed by atoms with Gasteiger partial charge in [0.05, 0.1) is 24.4 Å². The highest BCUT2D eigenvalue weighted by atomic mass is 16.5. The lowest BCUT2D eigenvalue weighted by molar-refractivity contribution is 0.111. The third kappa shape index (κ3) is 4.02. The molecule has 1 aliphatic rings. The van der Waals surface area contributed by atoms with E-state index in [0.717, 1.165) is 28.9 Å². The summed E-state index contributed by atoms with van der Waals surface area (Å²) in [6.45, 7) is 5.18. The highest BCUT2D eigenvalue weighted by molar-refractivity contribution is 5.67. The SMILES string of the molecule is COC[C@@H]1C[C@@H](OC)CN1c1c(C)nc(-c2ccc(N(C)C)cc2C)n(C)c1=O. The van der Waals surface area contributed by atoms with Crippen LogP contribution in [0.4, 0.5) is 11.4 Å². The molecule has 0 saturated carbocycles. The van der Waals surface area contributed by atoms with Gasteiger partial charge in [0.15, 0.2) is 0 Å². The average molecular weight is 401 g/mol. The van der Waals surface area contributed by atoms with Crippen molar-refractivity contribution in [2.45, 2.75) is 32.4 Å². The minimum absolute atomic E-state index is 0.0403. The molecule has 0 aliphatic carbocycles. The molecule has 158 valence electrons. The largest absolute Gasteiger partial charge is 0.383 e. The molecule has 1 aromatic heterocycles. The maximum absolute atomic E-state index is 13.4. The first-order chi connectivity index (χ1) is 13.8. The Morgan fingerprint density at radius 2 is 1.97 bits per heavy atom. The van der Waals surface area contributed by atoms with Gasteiger partial charge < -0.3 is 19.3 Å². The zero-order valence-corrected chi connectivity index (χ0v) is 18.5. The molecule has 3 rings (SSSR count). The molecular formula is C22H32N4O3. The molecule has 1 aliphatic heterocycles. The summed E-state index contributed by atoms with van der Waals surface area (Å²) in [6.07, 6.45) is 0.916. The number of hydrogen-bond donors (Lipinski definition) is 0. The van der Waals surface area contributed by atoms with Crippen molar-refractivity contribution in [3.63, 3.8) is 0 Å². The Hall–Kier alpha value is -2.38. The maximum atomic E-state index is 13.4. The lowest BCUT2D eigenvalue weighted by Gasteiger charge is -2.27. The number of hydrogen-bond acceptors (Lipinski definition) is 6. The first-order valence-electron chi connectivity index (χ1n) is 9.92. The van der Waals surface area contributed by atoms with Crippen LogP contribution in [0.1, 0.15) is 17.7 Å². The first-order valence-corrected chi connectivity index (χ1v) is 9.92. The smallest absolute Gasteiger partial charge is 0.277 e. The second kappa shape index (κ2) is 8.55. The monoisotopic (exact) mass is 400 g/mol. The Balaban J connectivity index is 2.07. The number of methoxy groups -OCH3 is 2. The van der Waals surface area contributed by atoms with Crippen molar-refractivity contribution < 1.29 is 9.47 Å². The Morgan fingerprint density at radius 3 is 2.55 bits per heavy atom. The minimum Gasteiger partial charge on any atom is -0.383 e. The van der Waals surface area contributed by atoms with Crippen LogP contribution in [0.15, 0.2) is 23.0 Å². The molecule has 0 spiro atoms. The number of aromatic nitrogens is 2. The van der Waals surface area contributed by atoms with E-state index >= 15 is 0 Å². The van der Waals surface area contributed by atoms with Crippen LogP contribution < -0.4 is 15.4 Å². The van der Waals surface area contributed by atoms with Gasteiger partial charge in [-0.1, -0.05) is 0 Å². The fraction of sp³-hybridized carbons (Fsp3) is 0.545. The van der Waals surface area contributed by atoms with Gasteiger partial charge in [0.2, 0.25) is 0 Å². The van der Waals surface area contributed by atoms with Gasteiger partial charge in [-0.3, -0.25) is 9.36 Å². The number of ether oxygens (including phenoxy) is 2. The standard InChI is InChI=1S/C22H32N4O3/c1-14-10-16(24(3)4)8-9-19(14)21-23-15(2)20(22(27)25(21)5)26-12-18(29-7)11-17(26)13-28-6/h8-10,17-18H,11-13H2,1-7H3/t17-,18+/m0/s1. The van der Waals surface area contributed by atoms with Crippen molar-refractivity contribution in [1.29, 1.82) is 0 Å². The van der Waals surface area contributed by atoms with E-state index in [1.807, 2.05) is 27.1 Å². The van der Waals surface area contributed by atoms with Crippen molar-refractivity contribution in [3.05, 3.63) is 39.8 Å². The third-order valence-electron chi connectivity index (χ3n) is 5.76. The molecule has 1 fully saturated rings. The molecule has 0 bridgehead atoms. The zero-order valence-electron chi connectivity index (χ0n) is 18.5. The molecule has 29 heavy (non-hydrogen) atoms. The number of rotatable bonds is 6. The number of anilines is 2. The van der Waals surface area contributed by atoms with Gasteiger partial charge in [0, 0.05) is 53.2 Å². The minimum atomic E-state index is -0.0403. The fourth-order valence-corrected chi connectivity index (χ4v) is 4.11. The molecule has 7 heteroatoms. The normalized spacial score (nSPS) is 19.1. The number of benzene rings is 1. The summed E-state index contributed by atoms with van der Waals surface area (Å²) < 4.78 is 12.6. The van der Waals surface area contributed by atoms with Crippen molar-refractivity contribution >= 4 is 11.4 Å². The molecule has 2 aromatic rings. The van der Waals surface area contributed by atoms with E-state index in [9.17, 15) is 4.79 Å². The summed E-state index contributed by atoms with van der Waals surface area (Å²) in [6, 6.07) is 6.31.